The fraction of sp³-hybridized carbons (Fsp3) is 0.379. The Kier molecular flexibility index (Phi) is 7.49. The molecule has 40 heavy (non-hydrogen) atoms. The summed E-state index contributed by atoms with van der Waals surface area (Å²) in [6.45, 7) is 6.98. The lowest BCUT2D eigenvalue weighted by Gasteiger charge is -2.45. The molecule has 2 aliphatic rings. The Hall–Kier alpha value is -4.20. The average Bonchev–Trinajstić information content (AvgIpc) is 3.30. The molecule has 3 heterocycles. The summed E-state index contributed by atoms with van der Waals surface area (Å²) in [5, 5.41) is 4.39. The molecular weight excluding hydrogens is 528 g/mol. The van der Waals surface area contributed by atoms with E-state index in [2.05, 4.69) is 10.1 Å². The van der Waals surface area contributed by atoms with E-state index in [4.69, 9.17) is 11.2 Å². The maximum Gasteiger partial charge on any atom is 0.416 e. The Morgan fingerprint density at radius 1 is 1.23 bits per heavy atom. The van der Waals surface area contributed by atoms with Gasteiger partial charge < -0.3 is 9.64 Å². The number of ether oxygens (including phenoxy) is 1. The van der Waals surface area contributed by atoms with Gasteiger partial charge in [0.1, 0.15) is 11.3 Å². The van der Waals surface area contributed by atoms with Crippen molar-refractivity contribution in [3.63, 3.8) is 0 Å². The van der Waals surface area contributed by atoms with Crippen LogP contribution in [0.4, 0.5) is 22.4 Å². The van der Waals surface area contributed by atoms with Gasteiger partial charge in [0.15, 0.2) is 11.6 Å². The Bertz CT molecular complexity index is 1490. The fourth-order valence-electron chi connectivity index (χ4n) is 4.90. The molecule has 0 spiro atoms. The molecule has 2 aromatic rings. The fourth-order valence-corrected chi connectivity index (χ4v) is 4.90. The van der Waals surface area contributed by atoms with Gasteiger partial charge in [0.25, 0.3) is 0 Å². The van der Waals surface area contributed by atoms with E-state index < -0.39 is 40.5 Å². The number of rotatable bonds is 4. The highest BCUT2D eigenvalue weighted by atomic mass is 19.4. The molecule has 1 aliphatic heterocycles. The zero-order valence-corrected chi connectivity index (χ0v) is 22.5. The number of nitrogens with zero attached hydrogens (tertiary/aromatic N) is 4. The number of amides is 1. The first-order chi connectivity index (χ1) is 18.6. The first-order valence-electron chi connectivity index (χ1n) is 12.5. The van der Waals surface area contributed by atoms with Gasteiger partial charge in [-0.05, 0) is 82.4 Å². The number of allylic oxidation sites excluding steroid dienone is 4. The van der Waals surface area contributed by atoms with Crippen molar-refractivity contribution < 1.29 is 31.9 Å². The van der Waals surface area contributed by atoms with Crippen LogP contribution >= 0.6 is 0 Å². The third-order valence-electron chi connectivity index (χ3n) is 6.77. The molecule has 11 heteroatoms. The highest BCUT2D eigenvalue weighted by Gasteiger charge is 2.51. The summed E-state index contributed by atoms with van der Waals surface area (Å²) in [5.74, 6) is 0.496. The van der Waals surface area contributed by atoms with Crippen molar-refractivity contribution in [1.29, 1.82) is 0 Å². The van der Waals surface area contributed by atoms with Crippen LogP contribution < -0.4 is 0 Å². The normalized spacial score (nSPS) is 19.8. The van der Waals surface area contributed by atoms with Gasteiger partial charge in [-0.25, -0.2) is 9.48 Å². The van der Waals surface area contributed by atoms with E-state index in [1.807, 2.05) is 5.92 Å². The molecule has 1 atom stereocenters. The Balaban J connectivity index is 1.80. The molecule has 0 unspecified atom stereocenters. The van der Waals surface area contributed by atoms with Crippen LogP contribution in [0.3, 0.4) is 0 Å². The lowest BCUT2D eigenvalue weighted by atomic mass is 9.65. The van der Waals surface area contributed by atoms with Crippen LogP contribution in [0.5, 0.6) is 0 Å². The van der Waals surface area contributed by atoms with Crippen LogP contribution in [0.15, 0.2) is 48.1 Å². The van der Waals surface area contributed by atoms with Gasteiger partial charge in [0.05, 0.1) is 22.9 Å². The molecule has 1 aliphatic carbocycles. The van der Waals surface area contributed by atoms with Crippen molar-refractivity contribution in [2.24, 2.45) is 5.41 Å². The molecule has 0 saturated carbocycles. The summed E-state index contributed by atoms with van der Waals surface area (Å²) < 4.78 is 61.0. The van der Waals surface area contributed by atoms with Crippen LogP contribution in [0.1, 0.15) is 61.4 Å². The zero-order valence-electron chi connectivity index (χ0n) is 22.5. The van der Waals surface area contributed by atoms with Crippen molar-refractivity contribution in [2.75, 3.05) is 13.1 Å². The van der Waals surface area contributed by atoms with Gasteiger partial charge in [-0.3, -0.25) is 9.78 Å². The number of pyridine rings is 1. The quantitative estimate of drug-likeness (QED) is 0.197. The van der Waals surface area contributed by atoms with Gasteiger partial charge in [0, 0.05) is 25.0 Å². The average molecular weight is 557 g/mol. The standard InChI is InChI=1S/C29H28F4N4O3/c1-6-22(30)8-7-18(2)37-24-14-20-10-12-36(26(39)40-27(3,4)5)17-28(20,15-19(24)16-35-37)25(38)23-13-21(9-11-34-23)29(31,32)33/h1,7-9,11,13-14,16H,10,12,15,17H2,2-5H3/b18-7+,22-8+/t28-/m0/s1. The van der Waals surface area contributed by atoms with E-state index in [0.717, 1.165) is 24.4 Å². The summed E-state index contributed by atoms with van der Waals surface area (Å²) in [4.78, 5) is 32.5. The zero-order chi connectivity index (χ0) is 29.5. The second kappa shape index (κ2) is 10.4. The minimum absolute atomic E-state index is 0.0616. The van der Waals surface area contributed by atoms with Gasteiger partial charge in [-0.1, -0.05) is 5.57 Å². The molecule has 4 rings (SSSR count). The number of aromatic nitrogens is 3. The summed E-state index contributed by atoms with van der Waals surface area (Å²) in [7, 11) is 0. The van der Waals surface area contributed by atoms with E-state index in [-0.39, 0.29) is 31.6 Å². The largest absolute Gasteiger partial charge is 0.444 e. The van der Waals surface area contributed by atoms with E-state index in [0.29, 0.717) is 22.5 Å². The molecule has 0 N–H and O–H groups in total. The monoisotopic (exact) mass is 556 g/mol. The number of halogens is 4. The van der Waals surface area contributed by atoms with Crippen LogP contribution in [-0.4, -0.2) is 50.2 Å². The van der Waals surface area contributed by atoms with Crippen molar-refractivity contribution in [3.8, 4) is 12.3 Å². The highest BCUT2D eigenvalue weighted by molar-refractivity contribution is 6.03. The molecule has 210 valence electrons. The summed E-state index contributed by atoms with van der Waals surface area (Å²) in [5.41, 5.74) is -1.07. The third-order valence-corrected chi connectivity index (χ3v) is 6.77. The number of hydrogen-bond donors (Lipinski definition) is 0. The highest BCUT2D eigenvalue weighted by Crippen LogP contribution is 2.46. The second-order valence-corrected chi connectivity index (χ2v) is 10.8. The van der Waals surface area contributed by atoms with Gasteiger partial charge in [-0.15, -0.1) is 6.42 Å². The van der Waals surface area contributed by atoms with E-state index in [1.54, 1.807) is 44.6 Å². The summed E-state index contributed by atoms with van der Waals surface area (Å²) in [6, 6.07) is 1.54. The van der Waals surface area contributed by atoms with E-state index in [9.17, 15) is 27.2 Å². The molecule has 0 bridgehead atoms. The minimum Gasteiger partial charge on any atom is -0.444 e. The predicted octanol–water partition coefficient (Wildman–Crippen LogP) is 6.09. The lowest BCUT2D eigenvalue weighted by Crippen LogP contribution is -2.54. The molecule has 1 saturated heterocycles. The molecule has 7 nitrogen and oxygen atoms in total. The van der Waals surface area contributed by atoms with Crippen LogP contribution in [0, 0.1) is 17.8 Å². The maximum atomic E-state index is 14.1. The number of ketones is 1. The van der Waals surface area contributed by atoms with Crippen LogP contribution in [-0.2, 0) is 17.3 Å². The van der Waals surface area contributed by atoms with Crippen molar-refractivity contribution in [1.82, 2.24) is 19.7 Å². The number of likely N-dealkylation sites (tertiary alicyclic amines) is 1. The van der Waals surface area contributed by atoms with E-state index in [1.165, 1.54) is 11.0 Å². The molecular formula is C29H28F4N4O3. The number of Topliss-reactive ketones (excluding diaryl/α,β-unsaturated/α-hetero) is 1. The lowest BCUT2D eigenvalue weighted by molar-refractivity contribution is -0.137. The number of hydrogen-bond acceptors (Lipinski definition) is 5. The number of carbonyl (C=O) groups is 2. The molecule has 0 radical (unpaired) electrons. The van der Waals surface area contributed by atoms with Crippen molar-refractivity contribution in [2.45, 2.75) is 52.3 Å². The van der Waals surface area contributed by atoms with Gasteiger partial charge in [0.2, 0.25) is 0 Å². The topological polar surface area (TPSA) is 77.3 Å². The molecule has 1 amide bonds. The SMILES string of the molecule is C#C/C(F)=C\C=C(/C)n1ncc2c1C=C1CCN(C(=O)OC(C)(C)C)C[C@@]1(C(=O)c1cc(C(F)(F)F)ccn1)C2. The minimum atomic E-state index is -4.67. The van der Waals surface area contributed by atoms with Crippen molar-refractivity contribution in [3.05, 3.63) is 70.6 Å². The first-order valence-corrected chi connectivity index (χ1v) is 12.5. The molecule has 0 aromatic carbocycles. The van der Waals surface area contributed by atoms with Crippen LogP contribution in [0.25, 0.3) is 11.8 Å². The number of terminal acetylenes is 1. The molecule has 2 aromatic heterocycles. The predicted molar refractivity (Wildman–Crippen MR) is 140 cm³/mol. The number of fused-ring (bicyclic) bond motifs is 2. The summed E-state index contributed by atoms with van der Waals surface area (Å²) >= 11 is 0. The first kappa shape index (κ1) is 28.8. The molecule has 1 fully saturated rings. The number of carbonyl (C=O) groups excluding carboxylic acids is 2. The summed E-state index contributed by atoms with van der Waals surface area (Å²) in [6.07, 6.45) is 6.95. The Morgan fingerprint density at radius 2 is 1.95 bits per heavy atom. The van der Waals surface area contributed by atoms with E-state index >= 15 is 0 Å². The van der Waals surface area contributed by atoms with Gasteiger partial charge in [-0.2, -0.15) is 22.7 Å². The van der Waals surface area contributed by atoms with Gasteiger partial charge >= 0.3 is 12.3 Å². The third kappa shape index (κ3) is 5.71. The number of alkyl halides is 3. The maximum absolute atomic E-state index is 14.1. The Labute approximate surface area is 229 Å². The Morgan fingerprint density at radius 3 is 2.60 bits per heavy atom. The van der Waals surface area contributed by atoms with Crippen LogP contribution in [0.2, 0.25) is 0 Å². The smallest absolute Gasteiger partial charge is 0.416 e. The number of piperidine rings is 1. The van der Waals surface area contributed by atoms with Crippen molar-refractivity contribution >= 4 is 23.6 Å². The second-order valence-electron chi connectivity index (χ2n) is 10.8.